The third-order valence-electron chi connectivity index (χ3n) is 5.26. The summed E-state index contributed by atoms with van der Waals surface area (Å²) >= 11 is 0. The quantitative estimate of drug-likeness (QED) is 0.381. The highest BCUT2D eigenvalue weighted by molar-refractivity contribution is 5.80. The van der Waals surface area contributed by atoms with Crippen LogP contribution >= 0.6 is 0 Å². The molecule has 0 amide bonds. The van der Waals surface area contributed by atoms with Gasteiger partial charge < -0.3 is 14.2 Å². The topological polar surface area (TPSA) is 40.6 Å². The van der Waals surface area contributed by atoms with Crippen molar-refractivity contribution in [2.24, 2.45) is 0 Å². The number of pyridine rings is 1. The Morgan fingerprint density at radius 1 is 0.733 bits per heavy atom. The van der Waals surface area contributed by atoms with Crippen molar-refractivity contribution in [2.45, 2.75) is 27.1 Å². The zero-order valence-electron chi connectivity index (χ0n) is 17.5. The van der Waals surface area contributed by atoms with Gasteiger partial charge >= 0.3 is 0 Å². The maximum Gasteiger partial charge on any atom is 0.130 e. The first kappa shape index (κ1) is 19.8. The first-order chi connectivity index (χ1) is 14.6. The molecule has 0 aliphatic rings. The zero-order valence-corrected chi connectivity index (χ0v) is 17.5. The summed E-state index contributed by atoms with van der Waals surface area (Å²) in [6, 6.07) is 23.9. The molecule has 30 heavy (non-hydrogen) atoms. The molecule has 4 nitrogen and oxygen atoms in total. The molecule has 0 unspecified atom stereocenters. The van der Waals surface area contributed by atoms with Crippen LogP contribution in [0.25, 0.3) is 10.9 Å². The Bertz CT molecular complexity index is 1170. The fourth-order valence-corrected chi connectivity index (χ4v) is 3.29. The van der Waals surface area contributed by atoms with Crippen molar-refractivity contribution in [1.82, 2.24) is 4.98 Å². The second-order valence-corrected chi connectivity index (χ2v) is 7.27. The van der Waals surface area contributed by atoms with E-state index in [1.54, 1.807) is 7.11 Å². The van der Waals surface area contributed by atoms with Crippen LogP contribution in [0.3, 0.4) is 0 Å². The smallest absolute Gasteiger partial charge is 0.130 e. The molecule has 0 aliphatic carbocycles. The summed E-state index contributed by atoms with van der Waals surface area (Å²) < 4.78 is 17.2. The molecule has 0 fully saturated rings. The van der Waals surface area contributed by atoms with Gasteiger partial charge in [-0.05, 0) is 66.9 Å². The minimum absolute atomic E-state index is 0.391. The van der Waals surface area contributed by atoms with E-state index in [1.807, 2.05) is 54.6 Å². The third-order valence-corrected chi connectivity index (χ3v) is 5.26. The van der Waals surface area contributed by atoms with Crippen LogP contribution < -0.4 is 14.2 Å². The number of methoxy groups -OCH3 is 1. The standard InChI is InChI=1S/C26H25NO3/c1-18-6-4-7-21(19(18)2)16-29-24-8-5-9-25(15-24)30-17-22-11-10-20-14-23(28-3)12-13-26(20)27-22/h4-15H,16-17H2,1-3H3. The minimum atomic E-state index is 0.391. The van der Waals surface area contributed by atoms with Gasteiger partial charge in [0, 0.05) is 11.5 Å². The largest absolute Gasteiger partial charge is 0.497 e. The van der Waals surface area contributed by atoms with Crippen molar-refractivity contribution in [3.63, 3.8) is 0 Å². The number of hydrogen-bond acceptors (Lipinski definition) is 4. The van der Waals surface area contributed by atoms with E-state index in [2.05, 4.69) is 37.0 Å². The lowest BCUT2D eigenvalue weighted by atomic mass is 10.0. The van der Waals surface area contributed by atoms with E-state index in [4.69, 9.17) is 14.2 Å². The summed E-state index contributed by atoms with van der Waals surface area (Å²) in [4.78, 5) is 4.67. The Labute approximate surface area is 177 Å². The van der Waals surface area contributed by atoms with Gasteiger partial charge in [0.15, 0.2) is 0 Å². The summed E-state index contributed by atoms with van der Waals surface area (Å²) in [6.45, 7) is 5.17. The predicted octanol–water partition coefficient (Wildman–Crippen LogP) is 6.02. The van der Waals surface area contributed by atoms with Gasteiger partial charge in [0.25, 0.3) is 0 Å². The predicted molar refractivity (Wildman–Crippen MR) is 119 cm³/mol. The number of fused-ring (bicyclic) bond motifs is 1. The molecule has 0 bridgehead atoms. The number of aryl methyl sites for hydroxylation is 1. The van der Waals surface area contributed by atoms with Gasteiger partial charge in [-0.2, -0.15) is 0 Å². The number of aromatic nitrogens is 1. The Hall–Kier alpha value is -3.53. The number of hydrogen-bond donors (Lipinski definition) is 0. The van der Waals surface area contributed by atoms with Crippen molar-refractivity contribution >= 4 is 10.9 Å². The van der Waals surface area contributed by atoms with Crippen LogP contribution in [-0.2, 0) is 13.2 Å². The SMILES string of the molecule is COc1ccc2nc(COc3cccc(OCc4cccc(C)c4C)c3)ccc2c1. The van der Waals surface area contributed by atoms with Gasteiger partial charge in [0.1, 0.15) is 30.5 Å². The Morgan fingerprint density at radius 3 is 2.30 bits per heavy atom. The Kier molecular flexibility index (Phi) is 5.84. The molecule has 0 N–H and O–H groups in total. The van der Waals surface area contributed by atoms with Gasteiger partial charge in [-0.25, -0.2) is 4.98 Å². The average Bonchev–Trinajstić information content (AvgIpc) is 2.78. The van der Waals surface area contributed by atoms with E-state index in [1.165, 1.54) is 16.7 Å². The van der Waals surface area contributed by atoms with Gasteiger partial charge in [0.2, 0.25) is 0 Å². The van der Waals surface area contributed by atoms with Gasteiger partial charge in [0.05, 0.1) is 18.3 Å². The molecule has 3 aromatic carbocycles. The second kappa shape index (κ2) is 8.87. The van der Waals surface area contributed by atoms with Gasteiger partial charge in [-0.1, -0.05) is 30.3 Å². The van der Waals surface area contributed by atoms with E-state index in [-0.39, 0.29) is 0 Å². The number of nitrogens with zero attached hydrogens (tertiary/aromatic N) is 1. The lowest BCUT2D eigenvalue weighted by molar-refractivity contribution is 0.287. The fraction of sp³-hybridized carbons (Fsp3) is 0.192. The normalized spacial score (nSPS) is 10.8. The third kappa shape index (κ3) is 4.54. The number of ether oxygens (including phenoxy) is 3. The molecular formula is C26H25NO3. The lowest BCUT2D eigenvalue weighted by Crippen LogP contribution is -2.01. The molecule has 0 radical (unpaired) electrons. The van der Waals surface area contributed by atoms with E-state index in [0.29, 0.717) is 13.2 Å². The molecule has 0 saturated carbocycles. The molecule has 0 atom stereocenters. The molecule has 0 aliphatic heterocycles. The van der Waals surface area contributed by atoms with Crippen LogP contribution in [0.1, 0.15) is 22.4 Å². The monoisotopic (exact) mass is 399 g/mol. The fourth-order valence-electron chi connectivity index (χ4n) is 3.29. The molecule has 0 spiro atoms. The number of benzene rings is 3. The van der Waals surface area contributed by atoms with Crippen molar-refractivity contribution < 1.29 is 14.2 Å². The molecule has 4 rings (SSSR count). The summed E-state index contributed by atoms with van der Waals surface area (Å²) in [5.74, 6) is 2.36. The molecule has 1 aromatic heterocycles. The molecular weight excluding hydrogens is 374 g/mol. The van der Waals surface area contributed by atoms with Crippen LogP contribution in [0.5, 0.6) is 17.2 Å². The molecule has 4 heteroatoms. The van der Waals surface area contributed by atoms with E-state index in [9.17, 15) is 0 Å². The molecule has 1 heterocycles. The van der Waals surface area contributed by atoms with Crippen molar-refractivity contribution in [3.05, 3.63) is 95.2 Å². The zero-order chi connectivity index (χ0) is 20.9. The highest BCUT2D eigenvalue weighted by atomic mass is 16.5. The van der Waals surface area contributed by atoms with Gasteiger partial charge in [-0.3, -0.25) is 0 Å². The average molecular weight is 399 g/mol. The number of rotatable bonds is 7. The summed E-state index contributed by atoms with van der Waals surface area (Å²) in [7, 11) is 1.66. The van der Waals surface area contributed by atoms with Crippen LogP contribution in [-0.4, -0.2) is 12.1 Å². The first-order valence-electron chi connectivity index (χ1n) is 9.97. The van der Waals surface area contributed by atoms with Crippen LogP contribution in [0, 0.1) is 13.8 Å². The summed E-state index contributed by atoms with van der Waals surface area (Å²) in [6.07, 6.45) is 0. The maximum absolute atomic E-state index is 5.99. The van der Waals surface area contributed by atoms with Gasteiger partial charge in [-0.15, -0.1) is 0 Å². The highest BCUT2D eigenvalue weighted by Gasteiger charge is 2.05. The summed E-state index contributed by atoms with van der Waals surface area (Å²) in [5.41, 5.74) is 5.52. The van der Waals surface area contributed by atoms with E-state index in [0.717, 1.165) is 33.8 Å². The lowest BCUT2D eigenvalue weighted by Gasteiger charge is -2.12. The molecule has 4 aromatic rings. The Balaban J connectivity index is 1.40. The van der Waals surface area contributed by atoms with Crippen molar-refractivity contribution in [3.8, 4) is 17.2 Å². The maximum atomic E-state index is 5.99. The van der Waals surface area contributed by atoms with E-state index >= 15 is 0 Å². The van der Waals surface area contributed by atoms with E-state index < -0.39 is 0 Å². The second-order valence-electron chi connectivity index (χ2n) is 7.27. The summed E-state index contributed by atoms with van der Waals surface area (Å²) in [5, 5.41) is 1.04. The molecule has 0 saturated heterocycles. The first-order valence-corrected chi connectivity index (χ1v) is 9.97. The van der Waals surface area contributed by atoms with Crippen molar-refractivity contribution in [2.75, 3.05) is 7.11 Å². The minimum Gasteiger partial charge on any atom is -0.497 e. The Morgan fingerprint density at radius 2 is 1.50 bits per heavy atom. The highest BCUT2D eigenvalue weighted by Crippen LogP contribution is 2.23. The van der Waals surface area contributed by atoms with Crippen LogP contribution in [0.2, 0.25) is 0 Å². The van der Waals surface area contributed by atoms with Crippen molar-refractivity contribution in [1.29, 1.82) is 0 Å². The van der Waals surface area contributed by atoms with Crippen LogP contribution in [0.15, 0.2) is 72.8 Å². The molecule has 152 valence electrons. The van der Waals surface area contributed by atoms with Crippen LogP contribution in [0.4, 0.5) is 0 Å².